The predicted molar refractivity (Wildman–Crippen MR) is 98.0 cm³/mol. The van der Waals surface area contributed by atoms with E-state index in [2.05, 4.69) is 31.2 Å². The number of carbonyl (C=O) groups is 1. The molecule has 0 saturated heterocycles. The van der Waals surface area contributed by atoms with Crippen molar-refractivity contribution in [2.24, 2.45) is 7.05 Å². The second kappa shape index (κ2) is 6.39. The summed E-state index contributed by atoms with van der Waals surface area (Å²) in [4.78, 5) is 12.9. The van der Waals surface area contributed by atoms with Crippen LogP contribution in [0.3, 0.4) is 0 Å². The smallest absolute Gasteiger partial charge is 0.322 e. The molecule has 0 radical (unpaired) electrons. The number of alkyl halides is 3. The number of aryl methyl sites for hydroxylation is 2. The van der Waals surface area contributed by atoms with Crippen molar-refractivity contribution in [2.75, 3.05) is 5.32 Å². The number of fused-ring (bicyclic) bond motifs is 1. The second-order valence-corrected chi connectivity index (χ2v) is 7.86. The van der Waals surface area contributed by atoms with E-state index in [9.17, 15) is 18.0 Å². The van der Waals surface area contributed by atoms with E-state index >= 15 is 0 Å². The highest BCUT2D eigenvalue weighted by Crippen LogP contribution is 2.48. The van der Waals surface area contributed by atoms with Crippen LogP contribution >= 0.6 is 0 Å². The van der Waals surface area contributed by atoms with Gasteiger partial charge in [0.1, 0.15) is 0 Å². The Morgan fingerprint density at radius 2 is 2.04 bits per heavy atom. The van der Waals surface area contributed by atoms with Gasteiger partial charge in [0.2, 0.25) is 0 Å². The molecular formula is C20H24F3N3O. The first-order chi connectivity index (χ1) is 12.5. The van der Waals surface area contributed by atoms with Gasteiger partial charge in [0.15, 0.2) is 5.69 Å². The van der Waals surface area contributed by atoms with Crippen LogP contribution in [-0.2, 0) is 25.1 Å². The summed E-state index contributed by atoms with van der Waals surface area (Å²) < 4.78 is 41.2. The molecule has 0 fully saturated rings. The molecule has 1 aliphatic carbocycles. The van der Waals surface area contributed by atoms with Crippen LogP contribution in [0.2, 0.25) is 0 Å². The minimum Gasteiger partial charge on any atom is -0.322 e. The summed E-state index contributed by atoms with van der Waals surface area (Å²) in [5, 5.41) is 6.64. The molecule has 0 bridgehead atoms. The second-order valence-electron chi connectivity index (χ2n) is 7.86. The lowest BCUT2D eigenvalue weighted by Crippen LogP contribution is -2.21. The van der Waals surface area contributed by atoms with E-state index in [0.717, 1.165) is 22.2 Å². The SMILES string of the molecule is CCc1nn(C)c(C(F)(F)F)c1C(=O)Nc1cccc2c1C(C)CC2(C)C. The number of amides is 1. The molecule has 1 aromatic heterocycles. The van der Waals surface area contributed by atoms with Crippen LogP contribution in [0.4, 0.5) is 18.9 Å². The summed E-state index contributed by atoms with van der Waals surface area (Å²) in [6.45, 7) is 8.04. The van der Waals surface area contributed by atoms with Gasteiger partial charge in [-0.2, -0.15) is 18.3 Å². The topological polar surface area (TPSA) is 46.9 Å². The Hall–Kier alpha value is -2.31. The first-order valence-corrected chi connectivity index (χ1v) is 9.05. The molecule has 1 unspecified atom stereocenters. The molecule has 1 amide bonds. The molecule has 27 heavy (non-hydrogen) atoms. The zero-order chi connectivity index (χ0) is 20.1. The number of hydrogen-bond donors (Lipinski definition) is 1. The fraction of sp³-hybridized carbons (Fsp3) is 0.500. The molecule has 1 atom stereocenters. The van der Waals surface area contributed by atoms with Gasteiger partial charge in [-0.15, -0.1) is 0 Å². The molecule has 1 heterocycles. The average Bonchev–Trinajstić information content (AvgIpc) is 3.01. The highest BCUT2D eigenvalue weighted by atomic mass is 19.4. The van der Waals surface area contributed by atoms with Crippen LogP contribution < -0.4 is 5.32 Å². The van der Waals surface area contributed by atoms with Gasteiger partial charge >= 0.3 is 6.18 Å². The van der Waals surface area contributed by atoms with Crippen LogP contribution in [0, 0.1) is 0 Å². The third kappa shape index (κ3) is 3.24. The van der Waals surface area contributed by atoms with Crippen molar-refractivity contribution in [1.29, 1.82) is 0 Å². The van der Waals surface area contributed by atoms with E-state index in [-0.39, 0.29) is 23.4 Å². The predicted octanol–water partition coefficient (Wildman–Crippen LogP) is 5.04. The molecule has 146 valence electrons. The Bertz CT molecular complexity index is 897. The summed E-state index contributed by atoms with van der Waals surface area (Å²) in [6.07, 6.45) is -3.49. The molecule has 4 nitrogen and oxygen atoms in total. The van der Waals surface area contributed by atoms with Gasteiger partial charge in [-0.1, -0.05) is 39.8 Å². The fourth-order valence-electron chi connectivity index (χ4n) is 4.35. The highest BCUT2D eigenvalue weighted by molar-refractivity contribution is 6.06. The molecule has 1 aromatic carbocycles. The lowest BCUT2D eigenvalue weighted by atomic mass is 9.86. The maximum atomic E-state index is 13.5. The molecule has 2 aromatic rings. The summed E-state index contributed by atoms with van der Waals surface area (Å²) in [6, 6.07) is 5.62. The van der Waals surface area contributed by atoms with Gasteiger partial charge in [0, 0.05) is 12.7 Å². The van der Waals surface area contributed by atoms with Gasteiger partial charge in [0.05, 0.1) is 11.3 Å². The van der Waals surface area contributed by atoms with Gasteiger partial charge in [0.25, 0.3) is 5.91 Å². The maximum Gasteiger partial charge on any atom is 0.433 e. The number of carbonyl (C=O) groups excluding carboxylic acids is 1. The molecule has 0 spiro atoms. The van der Waals surface area contributed by atoms with Gasteiger partial charge in [-0.25, -0.2) is 0 Å². The maximum absolute atomic E-state index is 13.5. The normalized spacial score (nSPS) is 18.4. The number of aromatic nitrogens is 2. The van der Waals surface area contributed by atoms with E-state index in [1.807, 2.05) is 12.1 Å². The van der Waals surface area contributed by atoms with Crippen LogP contribution in [0.5, 0.6) is 0 Å². The Kier molecular flexibility index (Phi) is 4.60. The zero-order valence-corrected chi connectivity index (χ0v) is 16.2. The van der Waals surface area contributed by atoms with Crippen molar-refractivity contribution in [2.45, 2.75) is 58.0 Å². The van der Waals surface area contributed by atoms with Crippen LogP contribution in [-0.4, -0.2) is 15.7 Å². The van der Waals surface area contributed by atoms with Gasteiger partial charge < -0.3 is 5.32 Å². The molecular weight excluding hydrogens is 355 g/mol. The molecule has 0 aliphatic heterocycles. The number of anilines is 1. The zero-order valence-electron chi connectivity index (χ0n) is 16.2. The molecule has 1 N–H and O–H groups in total. The third-order valence-corrected chi connectivity index (χ3v) is 5.34. The van der Waals surface area contributed by atoms with E-state index in [1.54, 1.807) is 13.0 Å². The number of benzene rings is 1. The number of nitrogens with one attached hydrogen (secondary N) is 1. The lowest BCUT2D eigenvalue weighted by molar-refractivity contribution is -0.144. The standard InChI is InChI=1S/C20H24F3N3O/c1-6-13-16(17(20(21,22)23)26(5)25-13)18(27)24-14-9-7-8-12-15(14)11(2)10-19(12,3)4/h7-9,11H,6,10H2,1-5H3,(H,24,27). The minimum atomic E-state index is -4.66. The van der Waals surface area contributed by atoms with Gasteiger partial charge in [-0.3, -0.25) is 9.48 Å². The first kappa shape index (κ1) is 19.5. The van der Waals surface area contributed by atoms with Crippen LogP contribution in [0.1, 0.15) is 72.9 Å². The third-order valence-electron chi connectivity index (χ3n) is 5.34. The monoisotopic (exact) mass is 379 g/mol. The van der Waals surface area contributed by atoms with Crippen molar-refractivity contribution in [3.8, 4) is 0 Å². The number of halogens is 3. The largest absolute Gasteiger partial charge is 0.433 e. The van der Waals surface area contributed by atoms with Crippen molar-refractivity contribution in [3.05, 3.63) is 46.3 Å². The van der Waals surface area contributed by atoms with Crippen LogP contribution in [0.15, 0.2) is 18.2 Å². The highest BCUT2D eigenvalue weighted by Gasteiger charge is 2.42. The Morgan fingerprint density at radius 1 is 1.37 bits per heavy atom. The van der Waals surface area contributed by atoms with Crippen LogP contribution in [0.25, 0.3) is 0 Å². The van der Waals surface area contributed by atoms with E-state index < -0.39 is 23.3 Å². The van der Waals surface area contributed by atoms with Gasteiger partial charge in [-0.05, 0) is 41.4 Å². The Balaban J connectivity index is 2.06. The summed E-state index contributed by atoms with van der Waals surface area (Å²) in [5.41, 5.74) is 1.41. The van der Waals surface area contributed by atoms with E-state index in [0.29, 0.717) is 5.69 Å². The molecule has 7 heteroatoms. The molecule has 3 rings (SSSR count). The van der Waals surface area contributed by atoms with Crippen molar-refractivity contribution < 1.29 is 18.0 Å². The summed E-state index contributed by atoms with van der Waals surface area (Å²) >= 11 is 0. The van der Waals surface area contributed by atoms with Crippen molar-refractivity contribution in [1.82, 2.24) is 9.78 Å². The number of hydrogen-bond acceptors (Lipinski definition) is 2. The quantitative estimate of drug-likeness (QED) is 0.812. The molecule has 0 saturated carbocycles. The summed E-state index contributed by atoms with van der Waals surface area (Å²) in [7, 11) is 1.21. The Morgan fingerprint density at radius 3 is 2.63 bits per heavy atom. The van der Waals surface area contributed by atoms with E-state index in [4.69, 9.17) is 0 Å². The summed E-state index contributed by atoms with van der Waals surface area (Å²) in [5.74, 6) is -0.550. The van der Waals surface area contributed by atoms with E-state index in [1.165, 1.54) is 7.05 Å². The number of rotatable bonds is 3. The minimum absolute atomic E-state index is 0.0322. The first-order valence-electron chi connectivity index (χ1n) is 9.05. The molecule has 1 aliphatic rings. The fourth-order valence-corrected chi connectivity index (χ4v) is 4.35. The lowest BCUT2D eigenvalue weighted by Gasteiger charge is -2.19. The number of nitrogens with zero attached hydrogens (tertiary/aromatic N) is 2. The average molecular weight is 379 g/mol. The Labute approximate surface area is 156 Å². The van der Waals surface area contributed by atoms with Crippen molar-refractivity contribution in [3.63, 3.8) is 0 Å². The van der Waals surface area contributed by atoms with Crippen molar-refractivity contribution >= 4 is 11.6 Å².